The number of fused-ring (bicyclic) bond motifs is 1. The van der Waals surface area contributed by atoms with Gasteiger partial charge in [0.15, 0.2) is 5.49 Å². The SMILES string of the molecule is Cc1ccc(C(CC(=O)O)c2ccn(N)/c(=N\N)c2)cc1CN1CCOc2ccccc2NO1. The number of nitrogens with zero attached hydrogens (tertiary/aromatic N) is 3. The summed E-state index contributed by atoms with van der Waals surface area (Å²) in [7, 11) is 0. The first-order valence-electron chi connectivity index (χ1n) is 10.9. The molecule has 1 atom stereocenters. The van der Waals surface area contributed by atoms with Crippen molar-refractivity contribution in [1.29, 1.82) is 0 Å². The predicted octanol–water partition coefficient (Wildman–Crippen LogP) is 2.04. The van der Waals surface area contributed by atoms with E-state index in [0.29, 0.717) is 25.2 Å². The second-order valence-corrected chi connectivity index (χ2v) is 8.09. The lowest BCUT2D eigenvalue weighted by molar-refractivity contribution is -0.147. The summed E-state index contributed by atoms with van der Waals surface area (Å²) in [5, 5.41) is 15.0. The summed E-state index contributed by atoms with van der Waals surface area (Å²) in [6.07, 6.45) is 1.52. The molecular weight excluding hydrogens is 436 g/mol. The zero-order valence-corrected chi connectivity index (χ0v) is 18.8. The third kappa shape index (κ3) is 5.30. The van der Waals surface area contributed by atoms with E-state index in [0.717, 1.165) is 33.7 Å². The van der Waals surface area contributed by atoms with Gasteiger partial charge in [-0.05, 0) is 53.4 Å². The molecule has 10 heteroatoms. The van der Waals surface area contributed by atoms with Gasteiger partial charge in [0, 0.05) is 12.1 Å². The average molecular weight is 465 g/mol. The Labute approximate surface area is 196 Å². The van der Waals surface area contributed by atoms with Crippen molar-refractivity contribution in [2.24, 2.45) is 10.9 Å². The highest BCUT2D eigenvalue weighted by atomic mass is 16.8. The standard InChI is InChI=1S/C24H28N6O4/c1-16-6-7-17(20(14-24(31)32)18-8-9-30(26)23(13-18)27-25)12-19(16)15-29-10-11-33-22-5-3-2-4-21(22)28-34-29/h2-9,12-13,20,28H,10-11,14-15,25-26H2,1H3,(H,31,32)/b27-23-. The van der Waals surface area contributed by atoms with Crippen LogP contribution in [-0.2, 0) is 16.3 Å². The number of aryl methyl sites for hydroxylation is 1. The fraction of sp³-hybridized carbons (Fsp3) is 0.250. The van der Waals surface area contributed by atoms with E-state index in [4.69, 9.17) is 21.4 Å². The minimum Gasteiger partial charge on any atom is -0.490 e. The molecule has 2 heterocycles. The van der Waals surface area contributed by atoms with Crippen LogP contribution in [0.2, 0.25) is 0 Å². The number of aliphatic carboxylic acids is 1. The molecule has 3 aromatic rings. The number of carbonyl (C=O) groups is 1. The number of hydrogen-bond donors (Lipinski definition) is 4. The Morgan fingerprint density at radius 1 is 1.21 bits per heavy atom. The van der Waals surface area contributed by atoms with Crippen LogP contribution in [0.1, 0.15) is 34.6 Å². The smallest absolute Gasteiger partial charge is 0.304 e. The van der Waals surface area contributed by atoms with Crippen LogP contribution in [0, 0.1) is 6.92 Å². The number of aromatic nitrogens is 1. The molecule has 1 aliphatic rings. The average Bonchev–Trinajstić information content (AvgIpc) is 2.81. The maximum absolute atomic E-state index is 11.7. The van der Waals surface area contributed by atoms with Crippen molar-refractivity contribution >= 4 is 11.7 Å². The molecule has 0 radical (unpaired) electrons. The summed E-state index contributed by atoms with van der Waals surface area (Å²) < 4.78 is 7.13. The number of hydrogen-bond acceptors (Lipinski definition) is 8. The van der Waals surface area contributed by atoms with Crippen LogP contribution in [0.4, 0.5) is 5.69 Å². The van der Waals surface area contributed by atoms with E-state index in [2.05, 4.69) is 10.6 Å². The molecule has 1 aliphatic heterocycles. The first-order chi connectivity index (χ1) is 16.4. The third-order valence-corrected chi connectivity index (χ3v) is 5.79. The van der Waals surface area contributed by atoms with E-state index < -0.39 is 11.9 Å². The molecule has 0 amide bonds. The zero-order chi connectivity index (χ0) is 24.1. The number of carboxylic acid groups (broad SMARTS) is 1. The van der Waals surface area contributed by atoms with E-state index in [9.17, 15) is 9.90 Å². The number of benzene rings is 2. The van der Waals surface area contributed by atoms with Gasteiger partial charge in [-0.15, -0.1) is 0 Å². The number of nitrogens with one attached hydrogen (secondary N) is 1. The number of nitrogen functional groups attached to an aromatic ring is 1. The molecule has 6 N–H and O–H groups in total. The molecule has 34 heavy (non-hydrogen) atoms. The first-order valence-corrected chi connectivity index (χ1v) is 10.9. The largest absolute Gasteiger partial charge is 0.490 e. The second kappa shape index (κ2) is 10.3. The minimum absolute atomic E-state index is 0.0898. The molecule has 0 saturated heterocycles. The molecule has 0 bridgehead atoms. The number of ether oxygens (including phenoxy) is 1. The maximum atomic E-state index is 11.7. The van der Waals surface area contributed by atoms with Gasteiger partial charge in [0.05, 0.1) is 19.5 Å². The summed E-state index contributed by atoms with van der Waals surface area (Å²) in [5.41, 5.74) is 7.75. The van der Waals surface area contributed by atoms with Crippen molar-refractivity contribution < 1.29 is 19.6 Å². The maximum Gasteiger partial charge on any atom is 0.304 e. The molecular formula is C24H28N6O4. The topological polar surface area (TPSA) is 140 Å². The fourth-order valence-electron chi connectivity index (χ4n) is 3.91. The van der Waals surface area contributed by atoms with E-state index >= 15 is 0 Å². The summed E-state index contributed by atoms with van der Waals surface area (Å²) in [6, 6.07) is 17.0. The summed E-state index contributed by atoms with van der Waals surface area (Å²) in [6.45, 7) is 3.51. The lowest BCUT2D eigenvalue weighted by Crippen LogP contribution is -2.32. The van der Waals surface area contributed by atoms with Crippen molar-refractivity contribution in [3.05, 3.63) is 88.5 Å². The molecule has 2 aromatic carbocycles. The van der Waals surface area contributed by atoms with Crippen LogP contribution in [0.5, 0.6) is 5.75 Å². The van der Waals surface area contributed by atoms with Gasteiger partial charge < -0.3 is 21.5 Å². The van der Waals surface area contributed by atoms with Gasteiger partial charge in [0.25, 0.3) is 0 Å². The van der Waals surface area contributed by atoms with Gasteiger partial charge in [0.2, 0.25) is 0 Å². The van der Waals surface area contributed by atoms with Crippen LogP contribution in [-0.4, -0.2) is 34.0 Å². The number of anilines is 1. The van der Waals surface area contributed by atoms with Gasteiger partial charge in [-0.3, -0.25) is 9.47 Å². The van der Waals surface area contributed by atoms with Gasteiger partial charge in [-0.2, -0.15) is 15.1 Å². The lowest BCUT2D eigenvalue weighted by Gasteiger charge is -2.26. The summed E-state index contributed by atoms with van der Waals surface area (Å²) in [4.78, 5) is 17.5. The molecule has 4 rings (SSSR count). The second-order valence-electron chi connectivity index (χ2n) is 8.09. The molecule has 178 valence electrons. The van der Waals surface area contributed by atoms with Crippen molar-refractivity contribution in [1.82, 2.24) is 9.74 Å². The lowest BCUT2D eigenvalue weighted by atomic mass is 9.87. The number of nitrogens with two attached hydrogens (primary N) is 2. The molecule has 0 aliphatic carbocycles. The van der Waals surface area contributed by atoms with E-state index in [1.807, 2.05) is 49.4 Å². The van der Waals surface area contributed by atoms with Gasteiger partial charge in [-0.1, -0.05) is 30.3 Å². The molecule has 0 fully saturated rings. The number of carboxylic acids is 1. The van der Waals surface area contributed by atoms with Crippen molar-refractivity contribution in [3.63, 3.8) is 0 Å². The Bertz CT molecular complexity index is 1240. The molecule has 1 aromatic heterocycles. The van der Waals surface area contributed by atoms with Crippen LogP contribution >= 0.6 is 0 Å². The molecule has 10 nitrogen and oxygen atoms in total. The van der Waals surface area contributed by atoms with Crippen molar-refractivity contribution in [2.45, 2.75) is 25.8 Å². The Morgan fingerprint density at radius 2 is 2.00 bits per heavy atom. The van der Waals surface area contributed by atoms with Crippen LogP contribution in [0.25, 0.3) is 0 Å². The fourth-order valence-corrected chi connectivity index (χ4v) is 3.91. The van der Waals surface area contributed by atoms with Crippen LogP contribution in [0.15, 0.2) is 65.9 Å². The Hall–Kier alpha value is -4.02. The highest BCUT2D eigenvalue weighted by Gasteiger charge is 2.21. The Morgan fingerprint density at radius 3 is 2.79 bits per heavy atom. The first kappa shape index (κ1) is 23.1. The highest BCUT2D eigenvalue weighted by Crippen LogP contribution is 2.30. The van der Waals surface area contributed by atoms with E-state index in [1.54, 1.807) is 23.4 Å². The Balaban J connectivity index is 1.60. The van der Waals surface area contributed by atoms with E-state index in [1.165, 1.54) is 4.68 Å². The molecule has 0 saturated carbocycles. The van der Waals surface area contributed by atoms with E-state index in [-0.39, 0.29) is 6.42 Å². The zero-order valence-electron chi connectivity index (χ0n) is 18.8. The number of hydroxylamine groups is 2. The quantitative estimate of drug-likeness (QED) is 0.321. The van der Waals surface area contributed by atoms with Crippen LogP contribution < -0.4 is 27.4 Å². The Kier molecular flexibility index (Phi) is 7.00. The summed E-state index contributed by atoms with van der Waals surface area (Å²) >= 11 is 0. The number of rotatable bonds is 6. The third-order valence-electron chi connectivity index (χ3n) is 5.79. The van der Waals surface area contributed by atoms with Gasteiger partial charge in [-0.25, -0.2) is 5.48 Å². The minimum atomic E-state index is -0.907. The van der Waals surface area contributed by atoms with Crippen LogP contribution in [0.3, 0.4) is 0 Å². The van der Waals surface area contributed by atoms with Crippen molar-refractivity contribution in [2.75, 3.05) is 24.5 Å². The molecule has 0 spiro atoms. The summed E-state index contributed by atoms with van der Waals surface area (Å²) in [5.74, 6) is 10.7. The monoisotopic (exact) mass is 464 g/mol. The number of pyridine rings is 1. The van der Waals surface area contributed by atoms with Crippen molar-refractivity contribution in [3.8, 4) is 5.75 Å². The predicted molar refractivity (Wildman–Crippen MR) is 127 cm³/mol. The molecule has 1 unspecified atom stereocenters. The highest BCUT2D eigenvalue weighted by molar-refractivity contribution is 5.69. The van der Waals surface area contributed by atoms with Gasteiger partial charge in [0.1, 0.15) is 18.0 Å². The van der Waals surface area contributed by atoms with Gasteiger partial charge >= 0.3 is 5.97 Å². The normalized spacial score (nSPS) is 15.4. The number of para-hydroxylation sites is 2.